The highest BCUT2D eigenvalue weighted by Crippen LogP contribution is 2.26. The minimum Gasteiger partial charge on any atom is -0.356 e. The van der Waals surface area contributed by atoms with Gasteiger partial charge < -0.3 is 4.52 Å². The Morgan fingerprint density at radius 1 is 1.16 bits per heavy atom. The van der Waals surface area contributed by atoms with Crippen LogP contribution in [0.25, 0.3) is 16.8 Å². The van der Waals surface area contributed by atoms with Gasteiger partial charge >= 0.3 is 0 Å². The Hall–Kier alpha value is -3.31. The third-order valence-corrected chi connectivity index (χ3v) is 7.29. The van der Waals surface area contributed by atoms with Crippen molar-refractivity contribution < 1.29 is 12.9 Å². The van der Waals surface area contributed by atoms with Crippen LogP contribution in [0.2, 0.25) is 0 Å². The molecule has 0 N–H and O–H groups in total. The average molecular weight is 440 g/mol. The first-order valence-corrected chi connectivity index (χ1v) is 11.5. The molecule has 4 heterocycles. The fourth-order valence-electron chi connectivity index (χ4n) is 3.96. The highest BCUT2D eigenvalue weighted by atomic mass is 32.2. The Morgan fingerprint density at radius 2 is 2.03 bits per heavy atom. The number of fused-ring (bicyclic) bond motifs is 1. The van der Waals surface area contributed by atoms with Gasteiger partial charge in [0.2, 0.25) is 10.0 Å². The largest absolute Gasteiger partial charge is 0.356 e. The molecule has 31 heavy (non-hydrogen) atoms. The summed E-state index contributed by atoms with van der Waals surface area (Å²) in [7, 11) is -3.66. The summed E-state index contributed by atoms with van der Waals surface area (Å²) >= 11 is 0. The first-order chi connectivity index (χ1) is 15.0. The van der Waals surface area contributed by atoms with E-state index in [1.165, 1.54) is 15.1 Å². The van der Waals surface area contributed by atoms with E-state index in [1.807, 2.05) is 12.1 Å². The summed E-state index contributed by atoms with van der Waals surface area (Å²) in [5.41, 5.74) is 0.659. The lowest BCUT2D eigenvalue weighted by Crippen LogP contribution is -2.41. The second-order valence-corrected chi connectivity index (χ2v) is 9.39. The predicted molar refractivity (Wildman–Crippen MR) is 112 cm³/mol. The highest BCUT2D eigenvalue weighted by Gasteiger charge is 2.35. The van der Waals surface area contributed by atoms with E-state index in [2.05, 4.69) is 15.2 Å². The van der Waals surface area contributed by atoms with Gasteiger partial charge in [0.15, 0.2) is 11.4 Å². The monoisotopic (exact) mass is 440 g/mol. The lowest BCUT2D eigenvalue weighted by molar-refractivity contribution is 0.334. The van der Waals surface area contributed by atoms with Gasteiger partial charge in [0, 0.05) is 36.4 Å². The maximum Gasteiger partial charge on any atom is 0.266 e. The average Bonchev–Trinajstić information content (AvgIpc) is 3.51. The molecule has 11 heteroatoms. The van der Waals surface area contributed by atoms with Crippen molar-refractivity contribution in [2.24, 2.45) is 0 Å². The van der Waals surface area contributed by atoms with Gasteiger partial charge in [0.25, 0.3) is 5.56 Å². The van der Waals surface area contributed by atoms with E-state index in [4.69, 9.17) is 4.52 Å². The molecular formula is C20H20N6O4S. The zero-order valence-electron chi connectivity index (χ0n) is 16.5. The number of sulfonamides is 1. The van der Waals surface area contributed by atoms with Crippen LogP contribution in [0, 0.1) is 0 Å². The fraction of sp³-hybridized carbons (Fsp3) is 0.300. The maximum absolute atomic E-state index is 13.2. The third kappa shape index (κ3) is 3.77. The molecule has 1 fully saturated rings. The van der Waals surface area contributed by atoms with Crippen molar-refractivity contribution in [3.63, 3.8) is 0 Å². The van der Waals surface area contributed by atoms with E-state index in [9.17, 15) is 13.2 Å². The number of aromatic nitrogens is 5. The smallest absolute Gasteiger partial charge is 0.266 e. The van der Waals surface area contributed by atoms with Crippen molar-refractivity contribution in [3.05, 3.63) is 71.2 Å². The molecule has 1 aromatic carbocycles. The third-order valence-electron chi connectivity index (χ3n) is 5.46. The van der Waals surface area contributed by atoms with Gasteiger partial charge in [-0.2, -0.15) is 9.40 Å². The molecule has 1 aliphatic heterocycles. The van der Waals surface area contributed by atoms with Crippen molar-refractivity contribution in [1.29, 1.82) is 0 Å². The molecule has 0 aliphatic carbocycles. The van der Waals surface area contributed by atoms with E-state index in [0.29, 0.717) is 35.4 Å². The molecule has 160 valence electrons. The number of benzene rings is 1. The summed E-state index contributed by atoms with van der Waals surface area (Å²) in [6.45, 7) is 0.582. The van der Waals surface area contributed by atoms with E-state index < -0.39 is 10.0 Å². The summed E-state index contributed by atoms with van der Waals surface area (Å²) in [6.07, 6.45) is 6.31. The molecular weight excluding hydrogens is 420 g/mol. The molecule has 0 bridgehead atoms. The highest BCUT2D eigenvalue weighted by molar-refractivity contribution is 7.88. The Morgan fingerprint density at radius 3 is 2.87 bits per heavy atom. The second-order valence-electron chi connectivity index (χ2n) is 7.47. The number of para-hydroxylation sites is 1. The number of hydrogen-bond acceptors (Lipinski definition) is 7. The van der Waals surface area contributed by atoms with Crippen LogP contribution in [-0.2, 0) is 22.3 Å². The Labute approximate surface area is 177 Å². The summed E-state index contributed by atoms with van der Waals surface area (Å²) in [4.78, 5) is 16.4. The zero-order valence-corrected chi connectivity index (χ0v) is 17.4. The lowest BCUT2D eigenvalue weighted by atomic mass is 10.2. The Kier molecular flexibility index (Phi) is 4.91. The van der Waals surface area contributed by atoms with Crippen molar-refractivity contribution in [2.45, 2.75) is 31.2 Å². The molecule has 5 rings (SSSR count). The minimum atomic E-state index is -3.66. The molecule has 0 amide bonds. The summed E-state index contributed by atoms with van der Waals surface area (Å²) in [5, 5.41) is 9.04. The van der Waals surface area contributed by atoms with E-state index in [1.54, 1.807) is 41.5 Å². The van der Waals surface area contributed by atoms with Crippen LogP contribution in [0.1, 0.15) is 18.5 Å². The standard InChI is InChI=1S/C20H20N6O4S/c27-20-8-7-19(24-11-9-21-14-24)22-25(20)12-15-4-3-10-26(15)31(28,29)13-17-16-5-1-2-6-18(16)30-23-17/h1-2,5-9,11,14-15H,3-4,10,12-13H2. The number of imidazole rings is 1. The van der Waals surface area contributed by atoms with Crippen LogP contribution < -0.4 is 5.56 Å². The van der Waals surface area contributed by atoms with Crippen molar-refractivity contribution >= 4 is 21.0 Å². The molecule has 0 radical (unpaired) electrons. The Balaban J connectivity index is 1.40. The molecule has 10 nitrogen and oxygen atoms in total. The van der Waals surface area contributed by atoms with Crippen molar-refractivity contribution in [2.75, 3.05) is 6.54 Å². The van der Waals surface area contributed by atoms with E-state index in [-0.39, 0.29) is 23.9 Å². The van der Waals surface area contributed by atoms with Gasteiger partial charge in [0.1, 0.15) is 17.8 Å². The van der Waals surface area contributed by atoms with Gasteiger partial charge in [-0.25, -0.2) is 18.1 Å². The van der Waals surface area contributed by atoms with Crippen LogP contribution in [0.4, 0.5) is 0 Å². The summed E-state index contributed by atoms with van der Waals surface area (Å²) in [6, 6.07) is 9.86. The summed E-state index contributed by atoms with van der Waals surface area (Å²) < 4.78 is 36.1. The molecule has 0 spiro atoms. The van der Waals surface area contributed by atoms with Crippen LogP contribution in [-0.4, -0.2) is 49.8 Å². The fourth-order valence-corrected chi connectivity index (χ4v) is 5.71. The van der Waals surface area contributed by atoms with Crippen LogP contribution >= 0.6 is 0 Å². The molecule has 0 saturated carbocycles. The zero-order chi connectivity index (χ0) is 21.4. The van der Waals surface area contributed by atoms with Crippen LogP contribution in [0.3, 0.4) is 0 Å². The molecule has 1 aliphatic rings. The molecule has 1 saturated heterocycles. The molecule has 3 aromatic heterocycles. The lowest BCUT2D eigenvalue weighted by Gasteiger charge is -2.24. The van der Waals surface area contributed by atoms with Gasteiger partial charge in [-0.3, -0.25) is 9.36 Å². The maximum atomic E-state index is 13.2. The minimum absolute atomic E-state index is 0.181. The number of rotatable bonds is 6. The first-order valence-electron chi connectivity index (χ1n) is 9.90. The Bertz CT molecular complexity index is 1380. The second kappa shape index (κ2) is 7.75. The summed E-state index contributed by atoms with van der Waals surface area (Å²) in [5.74, 6) is 0.288. The van der Waals surface area contributed by atoms with E-state index >= 15 is 0 Å². The number of nitrogens with zero attached hydrogens (tertiary/aromatic N) is 6. The molecule has 1 unspecified atom stereocenters. The topological polar surface area (TPSA) is 116 Å². The van der Waals surface area contributed by atoms with Gasteiger partial charge in [0.05, 0.1) is 6.54 Å². The normalized spacial score (nSPS) is 17.5. The molecule has 4 aromatic rings. The van der Waals surface area contributed by atoms with Crippen LogP contribution in [0.15, 0.2) is 64.4 Å². The van der Waals surface area contributed by atoms with E-state index in [0.717, 1.165) is 6.42 Å². The molecule has 1 atom stereocenters. The first kappa shape index (κ1) is 19.6. The van der Waals surface area contributed by atoms with Crippen molar-refractivity contribution in [3.8, 4) is 5.82 Å². The van der Waals surface area contributed by atoms with Gasteiger partial charge in [-0.05, 0) is 31.0 Å². The van der Waals surface area contributed by atoms with Crippen molar-refractivity contribution in [1.82, 2.24) is 28.8 Å². The predicted octanol–water partition coefficient (Wildman–Crippen LogP) is 1.56. The van der Waals surface area contributed by atoms with Crippen LogP contribution in [0.5, 0.6) is 0 Å². The van der Waals surface area contributed by atoms with Gasteiger partial charge in [-0.1, -0.05) is 17.3 Å². The van der Waals surface area contributed by atoms with Gasteiger partial charge in [-0.15, -0.1) is 0 Å². The number of hydrogen-bond donors (Lipinski definition) is 0. The SMILES string of the molecule is O=c1ccc(-n2ccnc2)nn1CC1CCCN1S(=O)(=O)Cc1noc2ccccc12. The quantitative estimate of drug-likeness (QED) is 0.447.